The van der Waals surface area contributed by atoms with Crippen LogP contribution in [0.4, 0.5) is 5.13 Å². The molecule has 2 unspecified atom stereocenters. The lowest BCUT2D eigenvalue weighted by atomic mass is 9.98. The predicted octanol–water partition coefficient (Wildman–Crippen LogP) is 5.32. The first kappa shape index (κ1) is 21.8. The van der Waals surface area contributed by atoms with Crippen LogP contribution in [0.3, 0.4) is 0 Å². The number of thiazole rings is 1. The number of anilines is 1. The molecule has 0 radical (unpaired) electrons. The number of nitrogens with zero attached hydrogens (tertiary/aromatic N) is 2. The van der Waals surface area contributed by atoms with Crippen LogP contribution >= 0.6 is 22.7 Å². The fraction of sp³-hybridized carbons (Fsp3) is 0.192. The molecule has 1 N–H and O–H groups in total. The number of hydrogen-bond acceptors (Lipinski definition) is 8. The van der Waals surface area contributed by atoms with E-state index >= 15 is 0 Å². The third kappa shape index (κ3) is 3.50. The van der Waals surface area contributed by atoms with Gasteiger partial charge in [0.2, 0.25) is 0 Å². The summed E-state index contributed by atoms with van der Waals surface area (Å²) in [5.41, 5.74) is 2.20. The van der Waals surface area contributed by atoms with Gasteiger partial charge in [0.25, 0.3) is 5.78 Å². The number of hydrogen-bond donors (Lipinski definition) is 1. The number of thiophene rings is 1. The van der Waals surface area contributed by atoms with Crippen LogP contribution in [-0.2, 0) is 16.0 Å². The molecule has 176 valence electrons. The minimum Gasteiger partial charge on any atom is -0.507 e. The molecular formula is C26H20N2O5S2. The van der Waals surface area contributed by atoms with Crippen molar-refractivity contribution < 1.29 is 24.2 Å². The number of carbonyl (C=O) groups excluding carboxylic acids is 2. The van der Waals surface area contributed by atoms with Crippen molar-refractivity contribution in [2.75, 3.05) is 12.0 Å². The summed E-state index contributed by atoms with van der Waals surface area (Å²) in [6.45, 7) is 1.98. The Kier molecular flexibility index (Phi) is 5.12. The number of ether oxygens (including phenoxy) is 2. The van der Waals surface area contributed by atoms with Crippen LogP contribution in [0.2, 0.25) is 0 Å². The Balaban J connectivity index is 1.50. The van der Waals surface area contributed by atoms with Gasteiger partial charge < -0.3 is 14.6 Å². The van der Waals surface area contributed by atoms with Gasteiger partial charge in [0.15, 0.2) is 5.13 Å². The molecule has 9 heteroatoms. The summed E-state index contributed by atoms with van der Waals surface area (Å²) in [6.07, 6.45) is 0.769. The molecule has 1 amide bonds. The topological polar surface area (TPSA) is 89.0 Å². The van der Waals surface area contributed by atoms with Crippen LogP contribution in [0.5, 0.6) is 11.5 Å². The molecule has 1 fully saturated rings. The highest BCUT2D eigenvalue weighted by Gasteiger charge is 2.48. The highest BCUT2D eigenvalue weighted by atomic mass is 32.1. The summed E-state index contributed by atoms with van der Waals surface area (Å²) in [5, 5.41) is 13.6. The second-order valence-corrected chi connectivity index (χ2v) is 10.5. The normalized spacial score (nSPS) is 20.9. The molecule has 0 aliphatic carbocycles. The van der Waals surface area contributed by atoms with E-state index < -0.39 is 17.7 Å². The van der Waals surface area contributed by atoms with Crippen molar-refractivity contribution in [1.82, 2.24) is 4.98 Å². The molecule has 2 aromatic heterocycles. The Morgan fingerprint density at radius 2 is 2.06 bits per heavy atom. The van der Waals surface area contributed by atoms with Crippen molar-refractivity contribution in [2.45, 2.75) is 25.5 Å². The molecule has 0 spiro atoms. The van der Waals surface area contributed by atoms with Crippen LogP contribution in [0.15, 0.2) is 59.5 Å². The molecule has 6 rings (SSSR count). The number of fused-ring (bicyclic) bond motifs is 2. The Hall–Kier alpha value is -3.69. The van der Waals surface area contributed by atoms with E-state index in [1.807, 2.05) is 42.6 Å². The molecule has 2 atom stereocenters. The number of rotatable bonds is 4. The van der Waals surface area contributed by atoms with E-state index in [-0.39, 0.29) is 17.4 Å². The maximum Gasteiger partial charge on any atom is 0.301 e. The van der Waals surface area contributed by atoms with E-state index in [0.717, 1.165) is 20.9 Å². The van der Waals surface area contributed by atoms with Gasteiger partial charge >= 0.3 is 5.91 Å². The molecular weight excluding hydrogens is 484 g/mol. The summed E-state index contributed by atoms with van der Waals surface area (Å²) in [5.74, 6) is -0.194. The highest BCUT2D eigenvalue weighted by Crippen LogP contribution is 2.46. The first-order valence-corrected chi connectivity index (χ1v) is 12.7. The van der Waals surface area contributed by atoms with E-state index in [1.165, 1.54) is 27.6 Å². The predicted molar refractivity (Wildman–Crippen MR) is 136 cm³/mol. The average molecular weight is 505 g/mol. The summed E-state index contributed by atoms with van der Waals surface area (Å²) in [6, 6.07) is 13.7. The number of aliphatic hydroxyl groups excluding tert-OH is 1. The van der Waals surface area contributed by atoms with Crippen molar-refractivity contribution in [3.63, 3.8) is 0 Å². The summed E-state index contributed by atoms with van der Waals surface area (Å²) < 4.78 is 11.9. The van der Waals surface area contributed by atoms with Crippen LogP contribution < -0.4 is 14.4 Å². The van der Waals surface area contributed by atoms with E-state index in [1.54, 1.807) is 25.3 Å². The van der Waals surface area contributed by atoms with Crippen LogP contribution in [0, 0.1) is 0 Å². The van der Waals surface area contributed by atoms with E-state index in [0.29, 0.717) is 28.4 Å². The van der Waals surface area contributed by atoms with Gasteiger partial charge in [-0.1, -0.05) is 17.4 Å². The Labute approximate surface area is 208 Å². The van der Waals surface area contributed by atoms with Gasteiger partial charge in [-0.15, -0.1) is 11.3 Å². The first-order valence-electron chi connectivity index (χ1n) is 11.0. The van der Waals surface area contributed by atoms with Gasteiger partial charge in [0.1, 0.15) is 29.4 Å². The standard InChI is InChI=1S/C26H20N2O5S2/c1-13-10-15-11-14(5-8-18(15)33-13)23(29)21-22(19-4-3-9-34-19)28(25(31)24(21)30)26-27-17-7-6-16(32-2)12-20(17)35-26/h3-9,11-13,22,29H,10H2,1-2H3/b23-21-. The second-order valence-electron chi connectivity index (χ2n) is 8.47. The third-order valence-electron chi connectivity index (χ3n) is 6.22. The van der Waals surface area contributed by atoms with Gasteiger partial charge in [-0.3, -0.25) is 14.5 Å². The summed E-state index contributed by atoms with van der Waals surface area (Å²) in [4.78, 5) is 33.5. The zero-order chi connectivity index (χ0) is 24.3. The van der Waals surface area contributed by atoms with Crippen LogP contribution in [-0.4, -0.2) is 35.0 Å². The number of ketones is 1. The molecule has 2 aliphatic heterocycles. The van der Waals surface area contributed by atoms with Crippen molar-refractivity contribution in [1.29, 1.82) is 0 Å². The Morgan fingerprint density at radius 3 is 2.83 bits per heavy atom. The van der Waals surface area contributed by atoms with Gasteiger partial charge in [-0.2, -0.15) is 0 Å². The van der Waals surface area contributed by atoms with Gasteiger partial charge in [0.05, 0.1) is 22.9 Å². The zero-order valence-electron chi connectivity index (χ0n) is 18.8. The minimum atomic E-state index is -0.777. The fourth-order valence-corrected chi connectivity index (χ4v) is 6.44. The molecule has 0 saturated carbocycles. The van der Waals surface area contributed by atoms with E-state index in [4.69, 9.17) is 9.47 Å². The SMILES string of the molecule is COc1ccc2nc(N3C(=O)C(=O)/C(=C(\O)c4ccc5c(c4)CC(C)O5)C3c3cccs3)sc2c1. The van der Waals surface area contributed by atoms with E-state index in [2.05, 4.69) is 4.98 Å². The number of carbonyl (C=O) groups is 2. The van der Waals surface area contributed by atoms with Gasteiger partial charge in [0, 0.05) is 16.9 Å². The molecule has 2 aromatic carbocycles. The quantitative estimate of drug-likeness (QED) is 0.230. The van der Waals surface area contributed by atoms with Crippen molar-refractivity contribution in [2.24, 2.45) is 0 Å². The van der Waals surface area contributed by atoms with Crippen molar-refractivity contribution in [3.8, 4) is 11.5 Å². The lowest BCUT2D eigenvalue weighted by molar-refractivity contribution is -0.132. The average Bonchev–Trinajstić information content (AvgIpc) is 3.63. The van der Waals surface area contributed by atoms with Gasteiger partial charge in [-0.25, -0.2) is 4.98 Å². The number of benzene rings is 2. The number of amides is 1. The number of Topliss-reactive ketones (excluding diaryl/α,β-unsaturated/α-hetero) is 1. The zero-order valence-corrected chi connectivity index (χ0v) is 20.5. The molecule has 1 saturated heterocycles. The van der Waals surface area contributed by atoms with Crippen molar-refractivity contribution in [3.05, 3.63) is 75.5 Å². The monoisotopic (exact) mass is 504 g/mol. The lowest BCUT2D eigenvalue weighted by Crippen LogP contribution is -2.28. The Morgan fingerprint density at radius 1 is 1.20 bits per heavy atom. The van der Waals surface area contributed by atoms with E-state index in [9.17, 15) is 14.7 Å². The minimum absolute atomic E-state index is 0.0526. The maximum atomic E-state index is 13.3. The number of methoxy groups -OCH3 is 1. The molecule has 4 heterocycles. The largest absolute Gasteiger partial charge is 0.507 e. The van der Waals surface area contributed by atoms with Crippen molar-refractivity contribution >= 4 is 55.5 Å². The molecule has 7 nitrogen and oxygen atoms in total. The third-order valence-corrected chi connectivity index (χ3v) is 8.16. The second kappa shape index (κ2) is 8.21. The highest BCUT2D eigenvalue weighted by molar-refractivity contribution is 7.22. The summed E-state index contributed by atoms with van der Waals surface area (Å²) in [7, 11) is 1.59. The lowest BCUT2D eigenvalue weighted by Gasteiger charge is -2.21. The molecule has 35 heavy (non-hydrogen) atoms. The van der Waals surface area contributed by atoms with Crippen LogP contribution in [0.1, 0.15) is 29.0 Å². The molecule has 0 bridgehead atoms. The van der Waals surface area contributed by atoms with Gasteiger partial charge in [-0.05, 0) is 60.3 Å². The fourth-order valence-electron chi connectivity index (χ4n) is 4.59. The number of aromatic nitrogens is 1. The molecule has 4 aromatic rings. The number of aliphatic hydroxyl groups is 1. The Bertz CT molecular complexity index is 1520. The molecule has 2 aliphatic rings. The maximum absolute atomic E-state index is 13.3. The smallest absolute Gasteiger partial charge is 0.301 e. The summed E-state index contributed by atoms with van der Waals surface area (Å²) >= 11 is 2.72. The van der Waals surface area contributed by atoms with Crippen LogP contribution in [0.25, 0.3) is 16.0 Å². The first-order chi connectivity index (χ1) is 16.9.